The molecular weight excluding hydrogens is 222 g/mol. The first-order valence-corrected chi connectivity index (χ1v) is 6.42. The quantitative estimate of drug-likeness (QED) is 0.875. The summed E-state index contributed by atoms with van der Waals surface area (Å²) in [6.45, 7) is 3.32. The van der Waals surface area contributed by atoms with Crippen LogP contribution in [0.4, 0.5) is 5.69 Å². The summed E-state index contributed by atoms with van der Waals surface area (Å²) in [7, 11) is 4.21. The Kier molecular flexibility index (Phi) is 4.15. The van der Waals surface area contributed by atoms with Crippen LogP contribution in [-0.4, -0.2) is 36.6 Å². The molecule has 2 aromatic rings. The molecule has 1 atom stereocenters. The lowest BCUT2D eigenvalue weighted by Crippen LogP contribution is -2.23. The fraction of sp³-hybridized carbons (Fsp3) is 0.400. The van der Waals surface area contributed by atoms with E-state index in [1.54, 1.807) is 0 Å². The van der Waals surface area contributed by atoms with E-state index < -0.39 is 0 Å². The number of nitrogens with zero attached hydrogens (tertiary/aromatic N) is 2. The number of nitrogens with one attached hydrogen (secondary N) is 1. The average Bonchev–Trinajstić information content (AvgIpc) is 2.37. The third kappa shape index (κ3) is 3.20. The molecule has 0 aliphatic rings. The summed E-state index contributed by atoms with van der Waals surface area (Å²) in [6, 6.07) is 10.7. The molecule has 0 fully saturated rings. The molecule has 0 radical (unpaired) electrons. The molecule has 0 amide bonds. The highest BCUT2D eigenvalue weighted by molar-refractivity contribution is 5.90. The molecule has 0 bridgehead atoms. The number of anilines is 1. The molecule has 0 spiro atoms. The van der Waals surface area contributed by atoms with Crippen LogP contribution in [0.25, 0.3) is 10.9 Å². The van der Waals surface area contributed by atoms with Crippen molar-refractivity contribution in [1.82, 2.24) is 9.88 Å². The van der Waals surface area contributed by atoms with E-state index in [2.05, 4.69) is 54.4 Å². The van der Waals surface area contributed by atoms with Crippen molar-refractivity contribution in [3.8, 4) is 0 Å². The lowest BCUT2D eigenvalue weighted by molar-refractivity contribution is 0.390. The topological polar surface area (TPSA) is 28.2 Å². The second-order valence-corrected chi connectivity index (χ2v) is 5.01. The number of hydrogen-bond donors (Lipinski definition) is 1. The van der Waals surface area contributed by atoms with Crippen molar-refractivity contribution >= 4 is 16.6 Å². The van der Waals surface area contributed by atoms with Crippen LogP contribution >= 0.6 is 0 Å². The van der Waals surface area contributed by atoms with Crippen LogP contribution < -0.4 is 5.32 Å². The van der Waals surface area contributed by atoms with E-state index in [0.29, 0.717) is 6.04 Å². The fourth-order valence-electron chi connectivity index (χ4n) is 2.01. The number of pyridine rings is 1. The van der Waals surface area contributed by atoms with Crippen LogP contribution in [0.5, 0.6) is 0 Å². The molecule has 0 unspecified atom stereocenters. The van der Waals surface area contributed by atoms with Gasteiger partial charge < -0.3 is 10.2 Å². The maximum Gasteiger partial charge on any atom is 0.0722 e. The van der Waals surface area contributed by atoms with E-state index in [1.807, 2.05) is 18.3 Å². The number of para-hydroxylation sites is 1. The summed E-state index contributed by atoms with van der Waals surface area (Å²) in [6.07, 6.45) is 2.99. The molecule has 18 heavy (non-hydrogen) atoms. The molecule has 3 heteroatoms. The fourth-order valence-corrected chi connectivity index (χ4v) is 2.01. The van der Waals surface area contributed by atoms with Gasteiger partial charge in [0.05, 0.1) is 5.52 Å². The highest BCUT2D eigenvalue weighted by Crippen LogP contribution is 2.21. The van der Waals surface area contributed by atoms with Gasteiger partial charge in [-0.25, -0.2) is 0 Å². The summed E-state index contributed by atoms with van der Waals surface area (Å²) < 4.78 is 0. The third-order valence-corrected chi connectivity index (χ3v) is 3.06. The van der Waals surface area contributed by atoms with E-state index in [0.717, 1.165) is 18.5 Å². The molecule has 96 valence electrons. The highest BCUT2D eigenvalue weighted by atomic mass is 15.1. The summed E-state index contributed by atoms with van der Waals surface area (Å²) in [5.74, 6) is 0. The van der Waals surface area contributed by atoms with Crippen LogP contribution in [0.3, 0.4) is 0 Å². The van der Waals surface area contributed by atoms with Crippen LogP contribution in [0.1, 0.15) is 13.3 Å². The van der Waals surface area contributed by atoms with E-state index in [-0.39, 0.29) is 0 Å². The number of hydrogen-bond acceptors (Lipinski definition) is 3. The summed E-state index contributed by atoms with van der Waals surface area (Å²) in [4.78, 5) is 6.59. The number of aromatic nitrogens is 1. The van der Waals surface area contributed by atoms with Crippen molar-refractivity contribution in [2.75, 3.05) is 26.0 Å². The Morgan fingerprint density at radius 1 is 1.22 bits per heavy atom. The zero-order valence-corrected chi connectivity index (χ0v) is 11.4. The predicted octanol–water partition coefficient (Wildman–Crippen LogP) is 2.99. The van der Waals surface area contributed by atoms with Gasteiger partial charge in [-0.1, -0.05) is 18.2 Å². The van der Waals surface area contributed by atoms with Crippen LogP contribution in [0.2, 0.25) is 0 Å². The monoisotopic (exact) mass is 243 g/mol. The molecule has 0 aliphatic carbocycles. The Morgan fingerprint density at radius 3 is 2.78 bits per heavy atom. The lowest BCUT2D eigenvalue weighted by atomic mass is 10.1. The summed E-state index contributed by atoms with van der Waals surface area (Å²) in [5.41, 5.74) is 2.22. The van der Waals surface area contributed by atoms with Crippen LogP contribution in [0, 0.1) is 0 Å². The van der Waals surface area contributed by atoms with Gasteiger partial charge in [-0.3, -0.25) is 4.98 Å². The first kappa shape index (κ1) is 12.8. The Labute approximate surface area is 109 Å². The summed E-state index contributed by atoms with van der Waals surface area (Å²) >= 11 is 0. The van der Waals surface area contributed by atoms with E-state index >= 15 is 0 Å². The van der Waals surface area contributed by atoms with Gasteiger partial charge in [-0.2, -0.15) is 0 Å². The molecular formula is C15H21N3. The smallest absolute Gasteiger partial charge is 0.0722 e. The van der Waals surface area contributed by atoms with E-state index in [4.69, 9.17) is 0 Å². The number of rotatable bonds is 5. The molecule has 0 aliphatic heterocycles. The Bertz CT molecular complexity index is 503. The predicted molar refractivity (Wildman–Crippen MR) is 78.0 cm³/mol. The van der Waals surface area contributed by atoms with Gasteiger partial charge >= 0.3 is 0 Å². The minimum atomic E-state index is 0.457. The first-order valence-electron chi connectivity index (χ1n) is 6.42. The van der Waals surface area contributed by atoms with E-state index in [9.17, 15) is 0 Å². The Morgan fingerprint density at radius 2 is 2.00 bits per heavy atom. The van der Waals surface area contributed by atoms with Gasteiger partial charge in [0.15, 0.2) is 0 Å². The van der Waals surface area contributed by atoms with Crippen LogP contribution in [0.15, 0.2) is 36.5 Å². The lowest BCUT2D eigenvalue weighted by Gasteiger charge is -2.18. The highest BCUT2D eigenvalue weighted by Gasteiger charge is 2.05. The molecule has 3 nitrogen and oxygen atoms in total. The van der Waals surface area contributed by atoms with Gasteiger partial charge in [-0.05, 0) is 46.1 Å². The largest absolute Gasteiger partial charge is 0.382 e. The van der Waals surface area contributed by atoms with Gasteiger partial charge in [0.1, 0.15) is 0 Å². The van der Waals surface area contributed by atoms with Gasteiger partial charge in [-0.15, -0.1) is 0 Å². The average molecular weight is 243 g/mol. The molecule has 1 heterocycles. The molecule has 1 aromatic carbocycles. The Balaban J connectivity index is 2.11. The number of fused-ring (bicyclic) bond motifs is 1. The maximum absolute atomic E-state index is 4.38. The Hall–Kier alpha value is -1.61. The van der Waals surface area contributed by atoms with Gasteiger partial charge in [0.25, 0.3) is 0 Å². The number of benzene rings is 1. The van der Waals surface area contributed by atoms with Crippen molar-refractivity contribution in [1.29, 1.82) is 0 Å². The molecule has 2 rings (SSSR count). The van der Waals surface area contributed by atoms with E-state index in [1.165, 1.54) is 11.1 Å². The van der Waals surface area contributed by atoms with Gasteiger partial charge in [0, 0.05) is 23.3 Å². The van der Waals surface area contributed by atoms with Crippen molar-refractivity contribution in [3.63, 3.8) is 0 Å². The first-order chi connectivity index (χ1) is 8.66. The molecule has 0 saturated carbocycles. The molecule has 1 aromatic heterocycles. The zero-order chi connectivity index (χ0) is 13.0. The van der Waals surface area contributed by atoms with Crippen molar-refractivity contribution in [2.24, 2.45) is 0 Å². The third-order valence-electron chi connectivity index (χ3n) is 3.06. The maximum atomic E-state index is 4.38. The minimum Gasteiger partial charge on any atom is -0.382 e. The van der Waals surface area contributed by atoms with Crippen LogP contribution in [-0.2, 0) is 0 Å². The van der Waals surface area contributed by atoms with Crippen molar-refractivity contribution in [2.45, 2.75) is 19.4 Å². The van der Waals surface area contributed by atoms with Crippen molar-refractivity contribution in [3.05, 3.63) is 36.5 Å². The second kappa shape index (κ2) is 5.83. The van der Waals surface area contributed by atoms with Gasteiger partial charge in [0.2, 0.25) is 0 Å². The summed E-state index contributed by atoms with van der Waals surface area (Å²) in [5, 5.41) is 4.76. The SMILES string of the molecule is C[C@H](CCN(C)C)Nc1ccnc2ccccc12. The molecule has 0 saturated heterocycles. The van der Waals surface area contributed by atoms with Crippen molar-refractivity contribution < 1.29 is 0 Å². The minimum absolute atomic E-state index is 0.457. The molecule has 1 N–H and O–H groups in total. The second-order valence-electron chi connectivity index (χ2n) is 5.01. The standard InChI is InChI=1S/C15H21N3/c1-12(9-11-18(2)3)17-15-8-10-16-14-7-5-4-6-13(14)15/h4-8,10,12H,9,11H2,1-3H3,(H,16,17)/t12-/m1/s1. The zero-order valence-electron chi connectivity index (χ0n) is 11.4. The normalized spacial score (nSPS) is 12.9.